The number of rotatable bonds is 5. The number of halogens is 1. The van der Waals surface area contributed by atoms with E-state index in [0.29, 0.717) is 16.5 Å². The first-order valence-corrected chi connectivity index (χ1v) is 6.24. The maximum absolute atomic E-state index is 11.7. The van der Waals surface area contributed by atoms with Crippen LogP contribution < -0.4 is 10.1 Å². The summed E-state index contributed by atoms with van der Waals surface area (Å²) in [6.07, 6.45) is 1.57. The van der Waals surface area contributed by atoms with Gasteiger partial charge < -0.3 is 14.5 Å². The van der Waals surface area contributed by atoms with Crippen LogP contribution in [0.15, 0.2) is 47.1 Å². The molecule has 0 unspecified atom stereocenters. The lowest BCUT2D eigenvalue weighted by Crippen LogP contribution is -2.31. The van der Waals surface area contributed by atoms with E-state index in [1.165, 1.54) is 0 Å². The van der Waals surface area contributed by atoms with Crippen molar-refractivity contribution in [2.75, 3.05) is 6.61 Å². The lowest BCUT2D eigenvalue weighted by atomic mass is 10.2. The Morgan fingerprint density at radius 2 is 2.26 bits per heavy atom. The van der Waals surface area contributed by atoms with Crippen LogP contribution in [0.4, 0.5) is 0 Å². The fourth-order valence-corrected chi connectivity index (χ4v) is 1.78. The van der Waals surface area contributed by atoms with Crippen LogP contribution in [0.2, 0.25) is 5.02 Å². The van der Waals surface area contributed by atoms with Gasteiger partial charge in [0.15, 0.2) is 6.61 Å². The Balaban J connectivity index is 1.82. The molecule has 1 aromatic carbocycles. The molecule has 1 N–H and O–H groups in total. The van der Waals surface area contributed by atoms with Gasteiger partial charge >= 0.3 is 0 Å². The highest BCUT2D eigenvalue weighted by molar-refractivity contribution is 6.30. The molecular formula is C14H14ClNO3. The minimum Gasteiger partial charge on any atom is -0.484 e. The number of nitrogens with one attached hydrogen (secondary N) is 1. The molecule has 0 radical (unpaired) electrons. The van der Waals surface area contributed by atoms with Crippen molar-refractivity contribution in [1.82, 2.24) is 5.32 Å². The predicted molar refractivity (Wildman–Crippen MR) is 72.2 cm³/mol. The number of carbonyl (C=O) groups excluding carboxylic acids is 1. The third kappa shape index (κ3) is 4.03. The van der Waals surface area contributed by atoms with Crippen LogP contribution in [0.25, 0.3) is 0 Å². The van der Waals surface area contributed by atoms with Gasteiger partial charge in [-0.15, -0.1) is 0 Å². The SMILES string of the molecule is C[C@@H](NC(=O)COc1cccc(Cl)c1)c1ccco1. The lowest BCUT2D eigenvalue weighted by molar-refractivity contribution is -0.123. The van der Waals surface area contributed by atoms with E-state index < -0.39 is 0 Å². The maximum atomic E-state index is 11.7. The first kappa shape index (κ1) is 13.5. The van der Waals surface area contributed by atoms with E-state index in [2.05, 4.69) is 5.32 Å². The van der Waals surface area contributed by atoms with Gasteiger partial charge in [-0.2, -0.15) is 0 Å². The molecule has 0 fully saturated rings. The molecule has 0 aliphatic heterocycles. The van der Waals surface area contributed by atoms with Gasteiger partial charge in [0.05, 0.1) is 12.3 Å². The first-order valence-electron chi connectivity index (χ1n) is 5.86. The number of carbonyl (C=O) groups is 1. The second-order valence-electron chi connectivity index (χ2n) is 4.05. The van der Waals surface area contributed by atoms with E-state index in [1.807, 2.05) is 13.0 Å². The Kier molecular flexibility index (Phi) is 4.47. The van der Waals surface area contributed by atoms with Gasteiger partial charge in [0.25, 0.3) is 5.91 Å². The maximum Gasteiger partial charge on any atom is 0.258 e. The van der Waals surface area contributed by atoms with E-state index in [4.69, 9.17) is 20.8 Å². The lowest BCUT2D eigenvalue weighted by Gasteiger charge is -2.12. The molecule has 4 nitrogen and oxygen atoms in total. The van der Waals surface area contributed by atoms with Crippen molar-refractivity contribution in [3.8, 4) is 5.75 Å². The van der Waals surface area contributed by atoms with Crippen molar-refractivity contribution in [3.05, 3.63) is 53.4 Å². The fraction of sp³-hybridized carbons (Fsp3) is 0.214. The normalized spacial score (nSPS) is 11.9. The summed E-state index contributed by atoms with van der Waals surface area (Å²) in [5.74, 6) is 1.05. The molecule has 5 heteroatoms. The van der Waals surface area contributed by atoms with Crippen LogP contribution in [-0.4, -0.2) is 12.5 Å². The van der Waals surface area contributed by atoms with Crippen LogP contribution in [0.5, 0.6) is 5.75 Å². The van der Waals surface area contributed by atoms with Crippen LogP contribution >= 0.6 is 11.6 Å². The Morgan fingerprint density at radius 1 is 1.42 bits per heavy atom. The van der Waals surface area contributed by atoms with Crippen molar-refractivity contribution in [2.24, 2.45) is 0 Å². The predicted octanol–water partition coefficient (Wildman–Crippen LogP) is 3.19. The van der Waals surface area contributed by atoms with E-state index >= 15 is 0 Å². The fourth-order valence-electron chi connectivity index (χ4n) is 1.60. The standard InChI is InChI=1S/C14H14ClNO3/c1-10(13-6-3-7-18-13)16-14(17)9-19-12-5-2-4-11(15)8-12/h2-8,10H,9H2,1H3,(H,16,17)/t10-/m1/s1. The highest BCUT2D eigenvalue weighted by Crippen LogP contribution is 2.17. The molecule has 1 amide bonds. The van der Waals surface area contributed by atoms with E-state index in [9.17, 15) is 4.79 Å². The molecule has 2 rings (SSSR count). The van der Waals surface area contributed by atoms with Gasteiger partial charge in [-0.25, -0.2) is 0 Å². The highest BCUT2D eigenvalue weighted by atomic mass is 35.5. The summed E-state index contributed by atoms with van der Waals surface area (Å²) in [7, 11) is 0. The van der Waals surface area contributed by atoms with Crippen LogP contribution in [0, 0.1) is 0 Å². The second kappa shape index (κ2) is 6.29. The zero-order chi connectivity index (χ0) is 13.7. The average Bonchev–Trinajstić information content (AvgIpc) is 2.90. The van der Waals surface area contributed by atoms with Gasteiger partial charge in [0, 0.05) is 5.02 Å². The van der Waals surface area contributed by atoms with Gasteiger partial charge in [0.2, 0.25) is 0 Å². The molecule has 0 aliphatic rings. The Bertz CT molecular complexity index is 539. The molecular weight excluding hydrogens is 266 g/mol. The Morgan fingerprint density at radius 3 is 2.95 bits per heavy atom. The van der Waals surface area contributed by atoms with Gasteiger partial charge in [-0.05, 0) is 37.3 Å². The summed E-state index contributed by atoms with van der Waals surface area (Å²) in [6.45, 7) is 1.78. The molecule has 0 spiro atoms. The monoisotopic (exact) mass is 279 g/mol. The van der Waals surface area contributed by atoms with Crippen molar-refractivity contribution in [2.45, 2.75) is 13.0 Å². The molecule has 1 atom stereocenters. The van der Waals surface area contributed by atoms with Crippen molar-refractivity contribution in [1.29, 1.82) is 0 Å². The minimum absolute atomic E-state index is 0.0641. The van der Waals surface area contributed by atoms with Crippen molar-refractivity contribution < 1.29 is 13.9 Å². The molecule has 0 aliphatic carbocycles. The molecule has 2 aromatic rings. The molecule has 19 heavy (non-hydrogen) atoms. The molecule has 0 saturated heterocycles. The average molecular weight is 280 g/mol. The summed E-state index contributed by atoms with van der Waals surface area (Å²) in [5, 5.41) is 3.35. The Hall–Kier alpha value is -1.94. The van der Waals surface area contributed by atoms with Crippen molar-refractivity contribution >= 4 is 17.5 Å². The number of furan rings is 1. The molecule has 1 aromatic heterocycles. The number of hydrogen-bond acceptors (Lipinski definition) is 3. The van der Waals surface area contributed by atoms with E-state index in [0.717, 1.165) is 0 Å². The minimum atomic E-state index is -0.219. The third-order valence-electron chi connectivity index (χ3n) is 2.51. The van der Waals surface area contributed by atoms with Crippen LogP contribution in [0.1, 0.15) is 18.7 Å². The van der Waals surface area contributed by atoms with Crippen LogP contribution in [-0.2, 0) is 4.79 Å². The van der Waals surface area contributed by atoms with Gasteiger partial charge in [-0.3, -0.25) is 4.79 Å². The van der Waals surface area contributed by atoms with Gasteiger partial charge in [0.1, 0.15) is 11.5 Å². The molecule has 0 saturated carbocycles. The topological polar surface area (TPSA) is 51.5 Å². The number of ether oxygens (including phenoxy) is 1. The summed E-state index contributed by atoms with van der Waals surface area (Å²) < 4.78 is 10.5. The summed E-state index contributed by atoms with van der Waals surface area (Å²) in [4.78, 5) is 11.7. The quantitative estimate of drug-likeness (QED) is 0.914. The third-order valence-corrected chi connectivity index (χ3v) is 2.75. The highest BCUT2D eigenvalue weighted by Gasteiger charge is 2.12. The second-order valence-corrected chi connectivity index (χ2v) is 4.49. The Labute approximate surface area is 116 Å². The zero-order valence-electron chi connectivity index (χ0n) is 10.4. The summed E-state index contributed by atoms with van der Waals surface area (Å²) >= 11 is 5.82. The summed E-state index contributed by atoms with van der Waals surface area (Å²) in [6, 6.07) is 10.3. The number of benzene rings is 1. The van der Waals surface area contributed by atoms with E-state index in [-0.39, 0.29) is 18.6 Å². The molecule has 0 bridgehead atoms. The van der Waals surface area contributed by atoms with E-state index in [1.54, 1.807) is 36.6 Å². The van der Waals surface area contributed by atoms with Crippen LogP contribution in [0.3, 0.4) is 0 Å². The number of hydrogen-bond donors (Lipinski definition) is 1. The zero-order valence-corrected chi connectivity index (χ0v) is 11.2. The smallest absolute Gasteiger partial charge is 0.258 e. The molecule has 1 heterocycles. The van der Waals surface area contributed by atoms with Gasteiger partial charge in [-0.1, -0.05) is 17.7 Å². The van der Waals surface area contributed by atoms with Crippen molar-refractivity contribution in [3.63, 3.8) is 0 Å². The summed E-state index contributed by atoms with van der Waals surface area (Å²) in [5.41, 5.74) is 0. The first-order chi connectivity index (χ1) is 9.15. The molecule has 100 valence electrons. The number of amides is 1. The largest absolute Gasteiger partial charge is 0.484 e.